The highest BCUT2D eigenvalue weighted by atomic mass is 79.9. The van der Waals surface area contributed by atoms with Crippen LogP contribution in [0.3, 0.4) is 0 Å². The molecule has 2 amide bonds. The molecule has 7 nitrogen and oxygen atoms in total. The minimum absolute atomic E-state index is 0.101. The van der Waals surface area contributed by atoms with Gasteiger partial charge in [-0.3, -0.25) is 9.59 Å². The fourth-order valence-corrected chi connectivity index (χ4v) is 3.23. The summed E-state index contributed by atoms with van der Waals surface area (Å²) in [5, 5.41) is 5.40. The Kier molecular flexibility index (Phi) is 5.94. The first-order chi connectivity index (χ1) is 15.0. The van der Waals surface area contributed by atoms with Gasteiger partial charge < -0.3 is 19.6 Å². The monoisotopic (exact) mass is 482 g/mol. The summed E-state index contributed by atoms with van der Waals surface area (Å²) in [7, 11) is 0. The summed E-state index contributed by atoms with van der Waals surface area (Å²) in [6, 6.07) is 14.5. The SMILES string of the molecule is O=C(Cc1ccc(NC(=O)c2ccc(Br)o2)cc1)Nc1ccc(-n2ccnc2)c(F)c1. The lowest BCUT2D eigenvalue weighted by Gasteiger charge is -2.09. The van der Waals surface area contributed by atoms with Crippen LogP contribution in [0.15, 0.2) is 82.4 Å². The van der Waals surface area contributed by atoms with Gasteiger partial charge in [-0.1, -0.05) is 12.1 Å². The molecule has 0 spiro atoms. The van der Waals surface area contributed by atoms with E-state index in [4.69, 9.17) is 4.42 Å². The van der Waals surface area contributed by atoms with Gasteiger partial charge in [-0.05, 0) is 64.0 Å². The zero-order chi connectivity index (χ0) is 21.8. The molecule has 0 saturated heterocycles. The summed E-state index contributed by atoms with van der Waals surface area (Å²) in [4.78, 5) is 28.3. The number of nitrogens with one attached hydrogen (secondary N) is 2. The number of furan rings is 1. The van der Waals surface area contributed by atoms with Crippen molar-refractivity contribution < 1.29 is 18.4 Å². The molecular formula is C22H16BrFN4O3. The van der Waals surface area contributed by atoms with Crippen molar-refractivity contribution in [3.63, 3.8) is 0 Å². The molecule has 31 heavy (non-hydrogen) atoms. The third-order valence-electron chi connectivity index (χ3n) is 4.39. The maximum absolute atomic E-state index is 14.3. The van der Waals surface area contributed by atoms with Crippen molar-refractivity contribution in [2.75, 3.05) is 10.6 Å². The van der Waals surface area contributed by atoms with Crippen LogP contribution >= 0.6 is 15.9 Å². The number of hydrogen-bond donors (Lipinski definition) is 2. The van der Waals surface area contributed by atoms with Crippen LogP contribution in [-0.4, -0.2) is 21.4 Å². The van der Waals surface area contributed by atoms with Crippen molar-refractivity contribution in [3.05, 3.63) is 95.1 Å². The van der Waals surface area contributed by atoms with Crippen molar-refractivity contribution in [2.45, 2.75) is 6.42 Å². The lowest BCUT2D eigenvalue weighted by atomic mass is 10.1. The third kappa shape index (κ3) is 5.07. The second-order valence-electron chi connectivity index (χ2n) is 6.62. The van der Waals surface area contributed by atoms with Gasteiger partial charge in [0, 0.05) is 23.8 Å². The predicted octanol–water partition coefficient (Wildman–Crippen LogP) is 4.80. The molecule has 2 aromatic heterocycles. The number of halogens is 2. The second kappa shape index (κ2) is 8.97. The number of amides is 2. The van der Waals surface area contributed by atoms with E-state index in [-0.39, 0.29) is 24.0 Å². The molecule has 4 rings (SSSR count). The highest BCUT2D eigenvalue weighted by Gasteiger charge is 2.12. The molecule has 0 aliphatic carbocycles. The molecule has 0 aliphatic heterocycles. The number of benzene rings is 2. The number of imidazole rings is 1. The number of rotatable bonds is 6. The zero-order valence-electron chi connectivity index (χ0n) is 16.0. The van der Waals surface area contributed by atoms with Gasteiger partial charge in [0.25, 0.3) is 5.91 Å². The topological polar surface area (TPSA) is 89.2 Å². The summed E-state index contributed by atoms with van der Waals surface area (Å²) in [5.41, 5.74) is 2.01. The molecule has 2 N–H and O–H groups in total. The fourth-order valence-electron chi connectivity index (χ4n) is 2.92. The summed E-state index contributed by atoms with van der Waals surface area (Å²) in [6.07, 6.45) is 4.79. The van der Waals surface area contributed by atoms with Crippen LogP contribution in [-0.2, 0) is 11.2 Å². The highest BCUT2D eigenvalue weighted by molar-refractivity contribution is 9.10. The molecule has 2 heterocycles. The van der Waals surface area contributed by atoms with E-state index in [0.717, 1.165) is 5.56 Å². The highest BCUT2D eigenvalue weighted by Crippen LogP contribution is 2.19. The molecular weight excluding hydrogens is 467 g/mol. The Balaban J connectivity index is 1.34. The minimum Gasteiger partial charge on any atom is -0.444 e. The summed E-state index contributed by atoms with van der Waals surface area (Å²) < 4.78 is 21.5. The number of hydrogen-bond acceptors (Lipinski definition) is 4. The molecule has 9 heteroatoms. The second-order valence-corrected chi connectivity index (χ2v) is 7.40. The van der Waals surface area contributed by atoms with E-state index in [9.17, 15) is 14.0 Å². The Morgan fingerprint density at radius 1 is 1.03 bits per heavy atom. The Morgan fingerprint density at radius 2 is 1.81 bits per heavy atom. The Bertz CT molecular complexity index is 1220. The first-order valence-electron chi connectivity index (χ1n) is 9.21. The summed E-state index contributed by atoms with van der Waals surface area (Å²) in [5.74, 6) is -0.953. The standard InChI is InChI=1S/C22H16BrFN4O3/c23-20-8-7-19(31-20)22(30)27-15-3-1-14(2-4-15)11-21(29)26-16-5-6-18(17(24)12-16)28-10-9-25-13-28/h1-10,12-13H,11H2,(H,26,29)(H,27,30). The van der Waals surface area contributed by atoms with E-state index >= 15 is 0 Å². The van der Waals surface area contributed by atoms with Crippen molar-refractivity contribution in [1.29, 1.82) is 0 Å². The van der Waals surface area contributed by atoms with Gasteiger partial charge in [0.1, 0.15) is 5.82 Å². The van der Waals surface area contributed by atoms with Gasteiger partial charge >= 0.3 is 0 Å². The van der Waals surface area contributed by atoms with E-state index in [2.05, 4.69) is 31.5 Å². The maximum Gasteiger partial charge on any atom is 0.291 e. The molecule has 0 fully saturated rings. The summed E-state index contributed by atoms with van der Waals surface area (Å²) in [6.45, 7) is 0. The Labute approximate surface area is 185 Å². The summed E-state index contributed by atoms with van der Waals surface area (Å²) >= 11 is 3.15. The third-order valence-corrected chi connectivity index (χ3v) is 4.81. The van der Waals surface area contributed by atoms with Crippen LogP contribution in [0, 0.1) is 5.82 Å². The average Bonchev–Trinajstić information content (AvgIpc) is 3.41. The Morgan fingerprint density at radius 3 is 2.45 bits per heavy atom. The molecule has 0 atom stereocenters. The first-order valence-corrected chi connectivity index (χ1v) is 10.0. The van der Waals surface area contributed by atoms with Crippen LogP contribution in [0.25, 0.3) is 5.69 Å². The van der Waals surface area contributed by atoms with Gasteiger partial charge in [-0.15, -0.1) is 0 Å². The van der Waals surface area contributed by atoms with Gasteiger partial charge in [-0.25, -0.2) is 9.37 Å². The molecule has 0 radical (unpaired) electrons. The minimum atomic E-state index is -0.473. The zero-order valence-corrected chi connectivity index (χ0v) is 17.6. The smallest absolute Gasteiger partial charge is 0.291 e. The van der Waals surface area contributed by atoms with Crippen LogP contribution in [0.2, 0.25) is 0 Å². The van der Waals surface area contributed by atoms with Crippen molar-refractivity contribution >= 4 is 39.1 Å². The number of nitrogens with zero attached hydrogens (tertiary/aromatic N) is 2. The van der Waals surface area contributed by atoms with Gasteiger partial charge in [-0.2, -0.15) is 0 Å². The quantitative estimate of drug-likeness (QED) is 0.413. The molecule has 0 saturated carbocycles. The number of anilines is 2. The molecule has 2 aromatic carbocycles. The van der Waals surface area contributed by atoms with E-state index in [1.54, 1.807) is 65.5 Å². The Hall–Kier alpha value is -3.72. The van der Waals surface area contributed by atoms with Gasteiger partial charge in [0.2, 0.25) is 5.91 Å². The van der Waals surface area contributed by atoms with Crippen molar-refractivity contribution in [3.8, 4) is 5.69 Å². The average molecular weight is 483 g/mol. The number of carbonyl (C=O) groups is 2. The van der Waals surface area contributed by atoms with E-state index < -0.39 is 5.82 Å². The van der Waals surface area contributed by atoms with Crippen LogP contribution in [0.1, 0.15) is 16.1 Å². The largest absolute Gasteiger partial charge is 0.444 e. The molecule has 4 aromatic rings. The fraction of sp³-hybridized carbons (Fsp3) is 0.0455. The molecule has 0 aliphatic rings. The first kappa shape index (κ1) is 20.5. The van der Waals surface area contributed by atoms with Crippen molar-refractivity contribution in [2.24, 2.45) is 0 Å². The van der Waals surface area contributed by atoms with Crippen LogP contribution in [0.4, 0.5) is 15.8 Å². The number of aromatic nitrogens is 2. The molecule has 0 unspecified atom stereocenters. The van der Waals surface area contributed by atoms with E-state index in [0.29, 0.717) is 21.7 Å². The lowest BCUT2D eigenvalue weighted by molar-refractivity contribution is -0.115. The van der Waals surface area contributed by atoms with Gasteiger partial charge in [0.15, 0.2) is 10.4 Å². The molecule has 0 bridgehead atoms. The van der Waals surface area contributed by atoms with Crippen LogP contribution in [0.5, 0.6) is 0 Å². The normalized spacial score (nSPS) is 10.6. The van der Waals surface area contributed by atoms with Crippen LogP contribution < -0.4 is 10.6 Å². The van der Waals surface area contributed by atoms with Crippen molar-refractivity contribution in [1.82, 2.24) is 9.55 Å². The predicted molar refractivity (Wildman–Crippen MR) is 117 cm³/mol. The number of carbonyl (C=O) groups excluding carboxylic acids is 2. The lowest BCUT2D eigenvalue weighted by Crippen LogP contribution is -2.15. The maximum atomic E-state index is 14.3. The van der Waals surface area contributed by atoms with E-state index in [1.807, 2.05) is 0 Å². The van der Waals surface area contributed by atoms with E-state index in [1.165, 1.54) is 12.4 Å². The molecule has 156 valence electrons. The van der Waals surface area contributed by atoms with Gasteiger partial charge in [0.05, 0.1) is 18.4 Å².